The van der Waals surface area contributed by atoms with Crippen molar-refractivity contribution in [2.45, 2.75) is 64.4 Å². The van der Waals surface area contributed by atoms with Crippen molar-refractivity contribution in [1.29, 1.82) is 0 Å². The van der Waals surface area contributed by atoms with Crippen molar-refractivity contribution in [3.8, 4) is 0 Å². The van der Waals surface area contributed by atoms with E-state index in [2.05, 4.69) is 6.92 Å². The summed E-state index contributed by atoms with van der Waals surface area (Å²) in [5, 5.41) is 9.14. The van der Waals surface area contributed by atoms with Gasteiger partial charge in [0.2, 0.25) is 0 Å². The molecule has 0 aromatic rings. The molecule has 3 nitrogen and oxygen atoms in total. The minimum Gasteiger partial charge on any atom is -0.393 e. The minimum absolute atomic E-state index is 0.168. The number of aliphatic hydroxyl groups excluding tert-OH is 1. The molecule has 2 atom stereocenters. The monoisotopic (exact) mass is 202 g/mol. The highest BCUT2D eigenvalue weighted by Gasteiger charge is 2.41. The van der Waals surface area contributed by atoms with Gasteiger partial charge in [-0.05, 0) is 47.0 Å². The predicted molar refractivity (Wildman–Crippen MR) is 55.1 cm³/mol. The van der Waals surface area contributed by atoms with Gasteiger partial charge in [0.15, 0.2) is 5.79 Å². The van der Waals surface area contributed by atoms with Crippen molar-refractivity contribution in [3.05, 3.63) is 0 Å². The lowest BCUT2D eigenvalue weighted by Crippen LogP contribution is -2.30. The molecule has 0 amide bonds. The topological polar surface area (TPSA) is 38.7 Å². The number of rotatable bonds is 4. The second-order valence-electron chi connectivity index (χ2n) is 4.98. The third-order valence-electron chi connectivity index (χ3n) is 2.54. The molecule has 0 spiro atoms. The molecule has 0 bridgehead atoms. The summed E-state index contributed by atoms with van der Waals surface area (Å²) >= 11 is 0. The van der Waals surface area contributed by atoms with E-state index in [0.29, 0.717) is 6.61 Å². The van der Waals surface area contributed by atoms with Crippen molar-refractivity contribution in [1.82, 2.24) is 0 Å². The maximum Gasteiger partial charge on any atom is 0.163 e. The first-order valence-electron chi connectivity index (χ1n) is 5.35. The quantitative estimate of drug-likeness (QED) is 0.758. The van der Waals surface area contributed by atoms with Crippen molar-refractivity contribution in [3.63, 3.8) is 0 Å². The van der Waals surface area contributed by atoms with Crippen LogP contribution in [0.2, 0.25) is 0 Å². The summed E-state index contributed by atoms with van der Waals surface area (Å²) < 4.78 is 11.3. The summed E-state index contributed by atoms with van der Waals surface area (Å²) in [4.78, 5) is 0. The van der Waals surface area contributed by atoms with E-state index in [9.17, 15) is 0 Å². The lowest BCUT2D eigenvalue weighted by molar-refractivity contribution is -0.158. The highest BCUT2D eigenvalue weighted by atomic mass is 16.7. The van der Waals surface area contributed by atoms with Crippen molar-refractivity contribution >= 4 is 0 Å². The molecule has 14 heavy (non-hydrogen) atoms. The summed E-state index contributed by atoms with van der Waals surface area (Å²) in [6.45, 7) is 8.42. The van der Waals surface area contributed by atoms with Crippen LogP contribution in [-0.4, -0.2) is 29.2 Å². The van der Waals surface area contributed by atoms with E-state index >= 15 is 0 Å². The Hall–Kier alpha value is -0.120. The van der Waals surface area contributed by atoms with Crippen LogP contribution in [0.3, 0.4) is 0 Å². The van der Waals surface area contributed by atoms with Gasteiger partial charge >= 0.3 is 0 Å². The molecule has 0 radical (unpaired) electrons. The molecule has 1 rings (SSSR count). The van der Waals surface area contributed by atoms with Crippen molar-refractivity contribution in [2.75, 3.05) is 6.61 Å². The molecule has 0 saturated carbocycles. The molecule has 3 heteroatoms. The van der Waals surface area contributed by atoms with E-state index in [0.717, 1.165) is 19.3 Å². The van der Waals surface area contributed by atoms with Gasteiger partial charge in [-0.2, -0.15) is 0 Å². The summed E-state index contributed by atoms with van der Waals surface area (Å²) in [5.74, 6) is -0.445. The second kappa shape index (κ2) is 4.17. The van der Waals surface area contributed by atoms with E-state index in [4.69, 9.17) is 14.6 Å². The Labute approximate surface area is 86.4 Å². The van der Waals surface area contributed by atoms with Gasteiger partial charge in [-0.1, -0.05) is 0 Å². The molecular formula is C11H22O3. The lowest BCUT2D eigenvalue weighted by Gasteiger charge is -2.25. The molecule has 1 fully saturated rings. The van der Waals surface area contributed by atoms with E-state index < -0.39 is 5.79 Å². The Balaban J connectivity index is 2.30. The van der Waals surface area contributed by atoms with E-state index in [1.54, 1.807) is 0 Å². The zero-order chi connectivity index (χ0) is 10.8. The molecule has 1 heterocycles. The van der Waals surface area contributed by atoms with Gasteiger partial charge in [-0.15, -0.1) is 0 Å². The molecular weight excluding hydrogens is 180 g/mol. The lowest BCUT2D eigenvalue weighted by atomic mass is 9.99. The molecule has 1 unspecified atom stereocenters. The number of hydrogen-bond acceptors (Lipinski definition) is 3. The Morgan fingerprint density at radius 3 is 2.43 bits per heavy atom. The summed E-state index contributed by atoms with van der Waals surface area (Å²) in [5.41, 5.74) is -0.168. The standard InChI is InChI=1S/C11H22O3/c1-9(12)6-5-7-11(4)8-13-10(2,3)14-11/h9,12H,5-8H2,1-4H3/t9?,11-/m0/s1. The third kappa shape index (κ3) is 3.56. The van der Waals surface area contributed by atoms with Gasteiger partial charge in [0, 0.05) is 0 Å². The Morgan fingerprint density at radius 1 is 1.36 bits per heavy atom. The molecule has 0 aromatic carbocycles. The Bertz CT molecular complexity index is 189. The van der Waals surface area contributed by atoms with Crippen LogP contribution >= 0.6 is 0 Å². The zero-order valence-corrected chi connectivity index (χ0v) is 9.67. The van der Waals surface area contributed by atoms with Gasteiger partial charge in [-0.3, -0.25) is 0 Å². The van der Waals surface area contributed by atoms with Crippen LogP contribution in [0.25, 0.3) is 0 Å². The van der Waals surface area contributed by atoms with Crippen molar-refractivity contribution < 1.29 is 14.6 Å². The zero-order valence-electron chi connectivity index (χ0n) is 9.67. The first-order chi connectivity index (χ1) is 6.33. The molecule has 1 saturated heterocycles. The average Bonchev–Trinajstić information content (AvgIpc) is 2.25. The average molecular weight is 202 g/mol. The molecule has 1 aliphatic heterocycles. The highest BCUT2D eigenvalue weighted by Crippen LogP contribution is 2.34. The van der Waals surface area contributed by atoms with Gasteiger partial charge in [0.25, 0.3) is 0 Å². The van der Waals surface area contributed by atoms with Crippen LogP contribution in [0, 0.1) is 0 Å². The fourth-order valence-electron chi connectivity index (χ4n) is 1.87. The van der Waals surface area contributed by atoms with Crippen molar-refractivity contribution in [2.24, 2.45) is 0 Å². The largest absolute Gasteiger partial charge is 0.393 e. The Morgan fingerprint density at radius 2 is 2.00 bits per heavy atom. The van der Waals surface area contributed by atoms with Gasteiger partial charge in [-0.25, -0.2) is 0 Å². The fourth-order valence-corrected chi connectivity index (χ4v) is 1.87. The summed E-state index contributed by atoms with van der Waals surface area (Å²) in [7, 11) is 0. The van der Waals surface area contributed by atoms with Gasteiger partial charge in [0.1, 0.15) is 0 Å². The predicted octanol–water partition coefficient (Wildman–Crippen LogP) is 2.08. The third-order valence-corrected chi connectivity index (χ3v) is 2.54. The maximum atomic E-state index is 9.14. The van der Waals surface area contributed by atoms with Gasteiger partial charge in [0.05, 0.1) is 18.3 Å². The molecule has 1 N–H and O–H groups in total. The smallest absolute Gasteiger partial charge is 0.163 e. The fraction of sp³-hybridized carbons (Fsp3) is 1.00. The number of aliphatic hydroxyl groups is 1. The minimum atomic E-state index is -0.445. The van der Waals surface area contributed by atoms with Gasteiger partial charge < -0.3 is 14.6 Å². The summed E-state index contributed by atoms with van der Waals surface area (Å²) in [6.07, 6.45) is 2.54. The molecule has 0 aromatic heterocycles. The molecule has 84 valence electrons. The molecule has 1 aliphatic rings. The number of hydrogen-bond donors (Lipinski definition) is 1. The van der Waals surface area contributed by atoms with Crippen LogP contribution in [0.5, 0.6) is 0 Å². The molecule has 0 aliphatic carbocycles. The Kier molecular flexibility index (Phi) is 3.56. The number of ether oxygens (including phenoxy) is 2. The van der Waals surface area contributed by atoms with Crippen LogP contribution in [0.4, 0.5) is 0 Å². The van der Waals surface area contributed by atoms with Crippen LogP contribution in [-0.2, 0) is 9.47 Å². The van der Waals surface area contributed by atoms with Crippen LogP contribution < -0.4 is 0 Å². The van der Waals surface area contributed by atoms with E-state index in [1.165, 1.54) is 0 Å². The summed E-state index contributed by atoms with van der Waals surface area (Å²) in [6, 6.07) is 0. The van der Waals surface area contributed by atoms with Crippen LogP contribution in [0.1, 0.15) is 47.0 Å². The first kappa shape index (κ1) is 12.0. The van der Waals surface area contributed by atoms with Crippen LogP contribution in [0.15, 0.2) is 0 Å². The highest BCUT2D eigenvalue weighted by molar-refractivity contribution is 4.83. The van der Waals surface area contributed by atoms with E-state index in [-0.39, 0.29) is 11.7 Å². The first-order valence-corrected chi connectivity index (χ1v) is 5.35. The van der Waals surface area contributed by atoms with E-state index in [1.807, 2.05) is 20.8 Å². The second-order valence-corrected chi connectivity index (χ2v) is 4.98. The normalized spacial score (nSPS) is 33.2. The SMILES string of the molecule is CC(O)CCC[C@@]1(C)COC(C)(C)O1. The maximum absolute atomic E-state index is 9.14.